The van der Waals surface area contributed by atoms with E-state index in [0.717, 1.165) is 11.3 Å². The van der Waals surface area contributed by atoms with Gasteiger partial charge in [-0.05, 0) is 42.0 Å². The minimum atomic E-state index is -4.76. The zero-order valence-electron chi connectivity index (χ0n) is 17.1. The van der Waals surface area contributed by atoms with Crippen LogP contribution in [0.2, 0.25) is 0 Å². The molecule has 0 radical (unpaired) electrons. The molecule has 0 spiro atoms. The summed E-state index contributed by atoms with van der Waals surface area (Å²) < 4.78 is 59.2. The molecule has 33 heavy (non-hydrogen) atoms. The van der Waals surface area contributed by atoms with E-state index in [-0.39, 0.29) is 30.2 Å². The van der Waals surface area contributed by atoms with Crippen LogP contribution >= 0.6 is 0 Å². The van der Waals surface area contributed by atoms with Crippen molar-refractivity contribution in [2.75, 3.05) is 7.11 Å². The number of benzene rings is 2. The standard InChI is InChI=1S/C21H16F3N5O4/c1-30-15-4-2-3-13(9-15)17-10-29-16(11-31-17)18(26-28-29)20-25-19(27-33-20)12-5-7-14(8-6-12)32-21(22,23)24/h2-9,17H,10-11H2,1H3. The minimum Gasteiger partial charge on any atom is -0.497 e. The molecular weight excluding hydrogens is 443 g/mol. The van der Waals surface area contributed by atoms with Crippen LogP contribution in [0.1, 0.15) is 17.4 Å². The topological polar surface area (TPSA) is 97.3 Å². The fourth-order valence-electron chi connectivity index (χ4n) is 3.46. The Morgan fingerprint density at radius 2 is 1.91 bits per heavy atom. The lowest BCUT2D eigenvalue weighted by molar-refractivity contribution is -0.274. The predicted octanol–water partition coefficient (Wildman–Crippen LogP) is 4.17. The van der Waals surface area contributed by atoms with E-state index in [4.69, 9.17) is 14.0 Å². The van der Waals surface area contributed by atoms with Gasteiger partial charge in [0.1, 0.15) is 17.6 Å². The Balaban J connectivity index is 1.34. The zero-order valence-corrected chi connectivity index (χ0v) is 17.1. The first-order valence-corrected chi connectivity index (χ1v) is 9.78. The van der Waals surface area contributed by atoms with Gasteiger partial charge in [-0.2, -0.15) is 4.98 Å². The molecule has 12 heteroatoms. The van der Waals surface area contributed by atoms with Gasteiger partial charge < -0.3 is 18.7 Å². The highest BCUT2D eigenvalue weighted by Gasteiger charge is 2.31. The van der Waals surface area contributed by atoms with E-state index in [9.17, 15) is 13.2 Å². The van der Waals surface area contributed by atoms with Gasteiger partial charge >= 0.3 is 6.36 Å². The van der Waals surface area contributed by atoms with Gasteiger partial charge in [0.15, 0.2) is 5.69 Å². The number of halogens is 3. The van der Waals surface area contributed by atoms with E-state index in [0.29, 0.717) is 23.5 Å². The minimum absolute atomic E-state index is 0.130. The lowest BCUT2D eigenvalue weighted by Gasteiger charge is -2.24. The van der Waals surface area contributed by atoms with Crippen molar-refractivity contribution >= 4 is 0 Å². The second-order valence-corrected chi connectivity index (χ2v) is 7.14. The third-order valence-corrected chi connectivity index (χ3v) is 5.04. The summed E-state index contributed by atoms with van der Waals surface area (Å²) in [4.78, 5) is 4.31. The average Bonchev–Trinajstić information content (AvgIpc) is 3.45. The predicted molar refractivity (Wildman–Crippen MR) is 106 cm³/mol. The molecule has 0 N–H and O–H groups in total. The molecule has 3 heterocycles. The fourth-order valence-corrected chi connectivity index (χ4v) is 3.46. The van der Waals surface area contributed by atoms with Crippen LogP contribution in [0.4, 0.5) is 13.2 Å². The molecule has 0 fully saturated rings. The lowest BCUT2D eigenvalue weighted by Crippen LogP contribution is -2.22. The number of alkyl halides is 3. The summed E-state index contributed by atoms with van der Waals surface area (Å²) in [5.41, 5.74) is 2.47. The highest BCUT2D eigenvalue weighted by Crippen LogP contribution is 2.32. The number of nitrogens with zero attached hydrogens (tertiary/aromatic N) is 5. The number of hydrogen-bond acceptors (Lipinski definition) is 8. The first-order valence-electron chi connectivity index (χ1n) is 9.78. The molecule has 0 amide bonds. The molecule has 2 aromatic heterocycles. The summed E-state index contributed by atoms with van der Waals surface area (Å²) in [5, 5.41) is 12.2. The van der Waals surface area contributed by atoms with Crippen LogP contribution in [0.3, 0.4) is 0 Å². The van der Waals surface area contributed by atoms with Crippen molar-refractivity contribution in [2.45, 2.75) is 25.6 Å². The number of hydrogen-bond donors (Lipinski definition) is 0. The Morgan fingerprint density at radius 3 is 2.67 bits per heavy atom. The van der Waals surface area contributed by atoms with Crippen LogP contribution in [-0.2, 0) is 17.9 Å². The van der Waals surface area contributed by atoms with Crippen molar-refractivity contribution in [3.8, 4) is 34.5 Å². The second kappa shape index (κ2) is 8.20. The smallest absolute Gasteiger partial charge is 0.497 e. The average molecular weight is 459 g/mol. The Morgan fingerprint density at radius 1 is 1.09 bits per heavy atom. The molecule has 9 nitrogen and oxygen atoms in total. The van der Waals surface area contributed by atoms with E-state index in [2.05, 4.69) is 25.2 Å². The van der Waals surface area contributed by atoms with Gasteiger partial charge in [0.25, 0.3) is 5.89 Å². The van der Waals surface area contributed by atoms with E-state index < -0.39 is 6.36 Å². The largest absolute Gasteiger partial charge is 0.573 e. The number of rotatable bonds is 5. The van der Waals surface area contributed by atoms with Crippen LogP contribution in [0.25, 0.3) is 23.0 Å². The Hall–Kier alpha value is -3.93. The molecule has 0 saturated heterocycles. The molecule has 1 unspecified atom stereocenters. The Kier molecular flexibility index (Phi) is 5.21. The number of ether oxygens (including phenoxy) is 3. The van der Waals surface area contributed by atoms with Crippen LogP contribution in [0, 0.1) is 0 Å². The molecule has 2 aromatic carbocycles. The van der Waals surface area contributed by atoms with E-state index >= 15 is 0 Å². The molecule has 0 bridgehead atoms. The normalized spacial score (nSPS) is 15.8. The Bertz CT molecular complexity index is 1270. The van der Waals surface area contributed by atoms with Gasteiger partial charge in [-0.15, -0.1) is 18.3 Å². The van der Waals surface area contributed by atoms with Gasteiger partial charge in [-0.1, -0.05) is 22.5 Å². The van der Waals surface area contributed by atoms with E-state index in [1.807, 2.05) is 24.3 Å². The third-order valence-electron chi connectivity index (χ3n) is 5.04. The van der Waals surface area contributed by atoms with Crippen molar-refractivity contribution in [1.29, 1.82) is 0 Å². The molecule has 0 aliphatic carbocycles. The molecular formula is C21H16F3N5O4. The third kappa shape index (κ3) is 4.37. The number of methoxy groups -OCH3 is 1. The lowest BCUT2D eigenvalue weighted by atomic mass is 10.1. The molecule has 0 saturated carbocycles. The van der Waals surface area contributed by atoms with Crippen LogP contribution in [0.15, 0.2) is 53.1 Å². The maximum Gasteiger partial charge on any atom is 0.573 e. The quantitative estimate of drug-likeness (QED) is 0.439. The summed E-state index contributed by atoms with van der Waals surface area (Å²) in [6, 6.07) is 12.7. The van der Waals surface area contributed by atoms with Gasteiger partial charge in [-0.3, -0.25) is 0 Å². The molecule has 170 valence electrons. The second-order valence-electron chi connectivity index (χ2n) is 7.14. The van der Waals surface area contributed by atoms with Crippen molar-refractivity contribution in [1.82, 2.24) is 25.1 Å². The molecule has 1 aliphatic heterocycles. The van der Waals surface area contributed by atoms with Crippen LogP contribution in [0.5, 0.6) is 11.5 Å². The maximum atomic E-state index is 12.3. The highest BCUT2D eigenvalue weighted by atomic mass is 19.4. The van der Waals surface area contributed by atoms with Crippen molar-refractivity contribution in [3.63, 3.8) is 0 Å². The maximum absolute atomic E-state index is 12.3. The Labute approximate surface area is 184 Å². The summed E-state index contributed by atoms with van der Waals surface area (Å²) in [6.45, 7) is 0.669. The first-order chi connectivity index (χ1) is 15.9. The van der Waals surface area contributed by atoms with Crippen molar-refractivity contribution in [2.24, 2.45) is 0 Å². The number of aromatic nitrogens is 5. The monoisotopic (exact) mass is 459 g/mol. The van der Waals surface area contributed by atoms with Crippen LogP contribution < -0.4 is 9.47 Å². The molecule has 1 aliphatic rings. The van der Waals surface area contributed by atoms with Gasteiger partial charge in [0, 0.05) is 5.56 Å². The van der Waals surface area contributed by atoms with Gasteiger partial charge in [0.05, 0.1) is 26.0 Å². The first kappa shape index (κ1) is 20.9. The summed E-state index contributed by atoms with van der Waals surface area (Å²) in [7, 11) is 1.60. The van der Waals surface area contributed by atoms with E-state index in [1.165, 1.54) is 24.3 Å². The summed E-state index contributed by atoms with van der Waals surface area (Å²) >= 11 is 0. The van der Waals surface area contributed by atoms with Crippen molar-refractivity contribution in [3.05, 3.63) is 59.8 Å². The van der Waals surface area contributed by atoms with Gasteiger partial charge in [-0.25, -0.2) is 4.68 Å². The van der Waals surface area contributed by atoms with Crippen molar-refractivity contribution < 1.29 is 31.9 Å². The highest BCUT2D eigenvalue weighted by molar-refractivity contribution is 5.59. The zero-order chi connectivity index (χ0) is 23.0. The molecule has 1 atom stereocenters. The molecule has 4 aromatic rings. The summed E-state index contributed by atoms with van der Waals surface area (Å²) in [5.74, 6) is 0.712. The number of fused-ring (bicyclic) bond motifs is 1. The SMILES string of the molecule is COc1cccc(C2Cn3nnc(-c4nc(-c5ccc(OC(F)(F)F)cc5)no4)c3CO2)c1. The molecule has 5 rings (SSSR count). The van der Waals surface area contributed by atoms with E-state index in [1.54, 1.807) is 11.8 Å². The van der Waals surface area contributed by atoms with Crippen LogP contribution in [-0.4, -0.2) is 38.6 Å². The summed E-state index contributed by atoms with van der Waals surface area (Å²) in [6.07, 6.45) is -4.99. The fraction of sp³-hybridized carbons (Fsp3) is 0.238. The van der Waals surface area contributed by atoms with Gasteiger partial charge in [0.2, 0.25) is 5.82 Å².